The lowest BCUT2D eigenvalue weighted by atomic mass is 9.82. The molecule has 1 fully saturated rings. The van der Waals surface area contributed by atoms with Crippen molar-refractivity contribution in [3.8, 4) is 5.75 Å². The largest absolute Gasteiger partial charge is 0.497 e. The van der Waals surface area contributed by atoms with Crippen LogP contribution in [0.1, 0.15) is 41.0 Å². The van der Waals surface area contributed by atoms with Gasteiger partial charge in [0, 0.05) is 11.2 Å². The van der Waals surface area contributed by atoms with Crippen molar-refractivity contribution in [1.29, 1.82) is 0 Å². The molecule has 0 saturated carbocycles. The molecular formula is C21H36N3O2+. The third kappa shape index (κ3) is 6.52. The summed E-state index contributed by atoms with van der Waals surface area (Å²) >= 11 is 0. The lowest BCUT2D eigenvalue weighted by molar-refractivity contribution is -0.892. The number of ether oxygens (including phenoxy) is 1. The summed E-state index contributed by atoms with van der Waals surface area (Å²) in [4.78, 5) is 16.2. The van der Waals surface area contributed by atoms with Gasteiger partial charge in [-0.05, 0) is 49.9 Å². The number of methoxy groups -OCH3 is 1. The van der Waals surface area contributed by atoms with E-state index in [9.17, 15) is 4.79 Å². The summed E-state index contributed by atoms with van der Waals surface area (Å²) in [5.41, 5.74) is 1.26. The number of amides is 1. The number of carbonyl (C=O) groups excluding carboxylic acids is 1. The van der Waals surface area contributed by atoms with Gasteiger partial charge in [0.05, 0.1) is 33.3 Å². The van der Waals surface area contributed by atoms with E-state index in [0.717, 1.165) is 38.3 Å². The fraction of sp³-hybridized carbons (Fsp3) is 0.667. The molecule has 5 nitrogen and oxygen atoms in total. The summed E-state index contributed by atoms with van der Waals surface area (Å²) in [7, 11) is 1.69. The zero-order valence-corrected chi connectivity index (χ0v) is 17.3. The molecule has 1 aliphatic rings. The molecule has 0 aromatic heterocycles. The quantitative estimate of drug-likeness (QED) is 0.810. The van der Waals surface area contributed by atoms with Gasteiger partial charge in [-0.15, -0.1) is 0 Å². The van der Waals surface area contributed by atoms with Crippen molar-refractivity contribution in [2.45, 2.75) is 46.6 Å². The Morgan fingerprint density at radius 2 is 1.69 bits per heavy atom. The number of hydrogen-bond donors (Lipinski definition) is 2. The van der Waals surface area contributed by atoms with E-state index >= 15 is 0 Å². The first kappa shape index (κ1) is 20.6. The van der Waals surface area contributed by atoms with Gasteiger partial charge in [0.2, 0.25) is 0 Å². The van der Waals surface area contributed by atoms with Gasteiger partial charge in [-0.1, -0.05) is 20.8 Å². The minimum absolute atomic E-state index is 0.159. The highest BCUT2D eigenvalue weighted by atomic mass is 16.5. The van der Waals surface area contributed by atoms with E-state index < -0.39 is 0 Å². The minimum atomic E-state index is -0.167. The van der Waals surface area contributed by atoms with Crippen molar-refractivity contribution >= 4 is 11.6 Å². The number of quaternary nitrogens is 1. The first-order valence-corrected chi connectivity index (χ1v) is 9.62. The molecule has 2 N–H and O–H groups in total. The highest BCUT2D eigenvalue weighted by Crippen LogP contribution is 2.26. The molecule has 2 rings (SSSR count). The average molecular weight is 363 g/mol. The van der Waals surface area contributed by atoms with Crippen LogP contribution in [0.3, 0.4) is 0 Å². The molecule has 0 aliphatic carbocycles. The van der Waals surface area contributed by atoms with Crippen molar-refractivity contribution in [2.24, 2.45) is 5.41 Å². The maximum absolute atomic E-state index is 12.5. The maximum atomic E-state index is 12.5. The van der Waals surface area contributed by atoms with Crippen LogP contribution in [0.2, 0.25) is 0 Å². The van der Waals surface area contributed by atoms with Gasteiger partial charge in [-0.2, -0.15) is 0 Å². The van der Waals surface area contributed by atoms with E-state index in [4.69, 9.17) is 4.74 Å². The zero-order valence-electron chi connectivity index (χ0n) is 17.3. The lowest BCUT2D eigenvalue weighted by Crippen LogP contribution is -3.16. The van der Waals surface area contributed by atoms with Crippen molar-refractivity contribution < 1.29 is 14.4 Å². The summed E-state index contributed by atoms with van der Waals surface area (Å²) in [6, 6.07) is 8.20. The van der Waals surface area contributed by atoms with Gasteiger partial charge in [-0.25, -0.2) is 0 Å². The summed E-state index contributed by atoms with van der Waals surface area (Å²) in [6.45, 7) is 15.4. The SMILES string of the molecule is COc1ccc(N2CC[NH+](CC(=O)NC(C)(C)CC(C)(C)C)CC2)cc1. The molecule has 1 amide bonds. The van der Waals surface area contributed by atoms with Gasteiger partial charge in [0.15, 0.2) is 6.54 Å². The standard InChI is InChI=1S/C21H35N3O2/c1-20(2,3)16-21(4,5)22-19(25)15-23-11-13-24(14-12-23)17-7-9-18(26-6)10-8-17/h7-10H,11-16H2,1-6H3,(H,22,25)/p+1. The zero-order chi connectivity index (χ0) is 19.4. The molecule has 146 valence electrons. The molecule has 1 aliphatic heterocycles. The van der Waals surface area contributed by atoms with Crippen molar-refractivity contribution in [2.75, 3.05) is 44.7 Å². The molecule has 0 radical (unpaired) electrons. The Balaban J connectivity index is 1.79. The van der Waals surface area contributed by atoms with E-state index in [1.165, 1.54) is 10.6 Å². The molecule has 1 saturated heterocycles. The van der Waals surface area contributed by atoms with E-state index in [1.54, 1.807) is 7.11 Å². The van der Waals surface area contributed by atoms with Gasteiger partial charge in [0.1, 0.15) is 5.75 Å². The average Bonchev–Trinajstić information content (AvgIpc) is 2.52. The second-order valence-electron chi connectivity index (χ2n) is 9.28. The maximum Gasteiger partial charge on any atom is 0.275 e. The smallest absolute Gasteiger partial charge is 0.275 e. The Bertz CT molecular complexity index is 582. The summed E-state index contributed by atoms with van der Waals surface area (Å²) in [5, 5.41) is 3.23. The minimum Gasteiger partial charge on any atom is -0.497 e. The number of piperazine rings is 1. The molecule has 0 spiro atoms. The molecule has 1 aromatic rings. The second kappa shape index (κ2) is 8.30. The van der Waals surface area contributed by atoms with Crippen molar-refractivity contribution in [1.82, 2.24) is 5.32 Å². The number of nitrogens with one attached hydrogen (secondary N) is 2. The number of anilines is 1. The van der Waals surface area contributed by atoms with Gasteiger partial charge in [0.25, 0.3) is 5.91 Å². The number of benzene rings is 1. The highest BCUT2D eigenvalue weighted by molar-refractivity contribution is 5.77. The van der Waals surface area contributed by atoms with Crippen LogP contribution in [-0.2, 0) is 4.79 Å². The van der Waals surface area contributed by atoms with Crippen molar-refractivity contribution in [3.63, 3.8) is 0 Å². The number of carbonyl (C=O) groups is 1. The van der Waals surface area contributed by atoms with Crippen LogP contribution >= 0.6 is 0 Å². The van der Waals surface area contributed by atoms with Crippen LogP contribution in [0.5, 0.6) is 5.75 Å². The molecule has 0 bridgehead atoms. The van der Waals surface area contributed by atoms with E-state index in [2.05, 4.69) is 57.0 Å². The molecule has 5 heteroatoms. The number of nitrogens with zero attached hydrogens (tertiary/aromatic N) is 1. The first-order valence-electron chi connectivity index (χ1n) is 9.62. The number of hydrogen-bond acceptors (Lipinski definition) is 3. The predicted molar refractivity (Wildman–Crippen MR) is 107 cm³/mol. The Morgan fingerprint density at radius 3 is 2.19 bits per heavy atom. The van der Waals surface area contributed by atoms with Crippen LogP contribution in [0.15, 0.2) is 24.3 Å². The van der Waals surface area contributed by atoms with Crippen LogP contribution in [0, 0.1) is 5.41 Å². The monoisotopic (exact) mass is 362 g/mol. The highest BCUT2D eigenvalue weighted by Gasteiger charge is 2.29. The second-order valence-corrected chi connectivity index (χ2v) is 9.28. The van der Waals surface area contributed by atoms with Crippen LogP contribution in [0.4, 0.5) is 5.69 Å². The Morgan fingerprint density at radius 1 is 1.12 bits per heavy atom. The molecule has 26 heavy (non-hydrogen) atoms. The first-order chi connectivity index (χ1) is 12.1. The molecular weight excluding hydrogens is 326 g/mol. The Labute approximate surface area is 158 Å². The third-order valence-electron chi connectivity index (χ3n) is 4.77. The molecule has 1 aromatic carbocycles. The normalized spacial score (nSPS) is 16.5. The van der Waals surface area contributed by atoms with E-state index in [-0.39, 0.29) is 16.9 Å². The fourth-order valence-electron chi connectivity index (χ4n) is 4.07. The van der Waals surface area contributed by atoms with Crippen molar-refractivity contribution in [3.05, 3.63) is 24.3 Å². The van der Waals surface area contributed by atoms with Gasteiger partial charge >= 0.3 is 0 Å². The fourth-order valence-corrected chi connectivity index (χ4v) is 4.07. The summed E-state index contributed by atoms with van der Waals surface area (Å²) in [6.07, 6.45) is 0.965. The van der Waals surface area contributed by atoms with E-state index in [1.807, 2.05) is 12.1 Å². The van der Waals surface area contributed by atoms with Gasteiger partial charge < -0.3 is 19.9 Å². The summed E-state index contributed by atoms with van der Waals surface area (Å²) < 4.78 is 5.22. The number of rotatable bonds is 6. The predicted octanol–water partition coefficient (Wildman–Crippen LogP) is 1.73. The molecule has 0 atom stereocenters. The van der Waals surface area contributed by atoms with Crippen LogP contribution < -0.4 is 19.9 Å². The Kier molecular flexibility index (Phi) is 6.56. The molecule has 0 unspecified atom stereocenters. The lowest BCUT2D eigenvalue weighted by Gasteiger charge is -2.35. The summed E-state index contributed by atoms with van der Waals surface area (Å²) in [5.74, 6) is 1.04. The van der Waals surface area contributed by atoms with Gasteiger partial charge in [-0.3, -0.25) is 4.79 Å². The van der Waals surface area contributed by atoms with Crippen LogP contribution in [-0.4, -0.2) is 51.3 Å². The van der Waals surface area contributed by atoms with Crippen LogP contribution in [0.25, 0.3) is 0 Å². The molecule has 1 heterocycles. The third-order valence-corrected chi connectivity index (χ3v) is 4.77. The van der Waals surface area contributed by atoms with E-state index in [0.29, 0.717) is 6.54 Å². The Hall–Kier alpha value is -1.75. The topological polar surface area (TPSA) is 46.0 Å².